The van der Waals surface area contributed by atoms with Crippen LogP contribution in [0.3, 0.4) is 0 Å². The van der Waals surface area contributed by atoms with Crippen molar-refractivity contribution >= 4 is 22.9 Å². The molecule has 0 atom stereocenters. The first kappa shape index (κ1) is 16.4. The highest BCUT2D eigenvalue weighted by Crippen LogP contribution is 2.25. The zero-order valence-corrected chi connectivity index (χ0v) is 14.0. The highest BCUT2D eigenvalue weighted by Gasteiger charge is 2.13. The van der Waals surface area contributed by atoms with Gasteiger partial charge in [0.05, 0.1) is 15.7 Å². The molecule has 0 radical (unpaired) electrons. The predicted molar refractivity (Wildman–Crippen MR) is 87.7 cm³/mol. The first-order chi connectivity index (χ1) is 10.2. The molecular weight excluding hydrogens is 307 g/mol. The molecule has 0 saturated carbocycles. The van der Waals surface area contributed by atoms with Crippen LogP contribution in [0.15, 0.2) is 18.2 Å². The van der Waals surface area contributed by atoms with Gasteiger partial charge in [-0.25, -0.2) is 9.37 Å². The molecule has 1 N–H and O–H groups in total. The van der Waals surface area contributed by atoms with Gasteiger partial charge in [-0.3, -0.25) is 0 Å². The molecule has 0 saturated heterocycles. The van der Waals surface area contributed by atoms with Gasteiger partial charge in [-0.15, -0.1) is 11.3 Å². The molecule has 0 spiro atoms. The fourth-order valence-corrected chi connectivity index (χ4v) is 3.47. The van der Waals surface area contributed by atoms with E-state index in [-0.39, 0.29) is 10.8 Å². The van der Waals surface area contributed by atoms with E-state index in [1.165, 1.54) is 4.88 Å². The van der Waals surface area contributed by atoms with Gasteiger partial charge in [0.25, 0.3) is 0 Å². The van der Waals surface area contributed by atoms with Crippen LogP contribution < -0.4 is 5.32 Å². The number of nitrogens with one attached hydrogen (secondary N) is 1. The Labute approximate surface area is 134 Å². The summed E-state index contributed by atoms with van der Waals surface area (Å²) in [6, 6.07) is 5.12. The molecule has 2 rings (SSSR count). The Morgan fingerprint density at radius 3 is 2.86 bits per heavy atom. The monoisotopic (exact) mass is 326 g/mol. The molecule has 2 aromatic rings. The molecule has 0 unspecified atom stereocenters. The van der Waals surface area contributed by atoms with Crippen LogP contribution in [0.5, 0.6) is 0 Å². The summed E-state index contributed by atoms with van der Waals surface area (Å²) in [6.07, 6.45) is 2.53. The third-order valence-corrected chi connectivity index (χ3v) is 4.61. The van der Waals surface area contributed by atoms with Gasteiger partial charge in [-0.2, -0.15) is 0 Å². The van der Waals surface area contributed by atoms with Gasteiger partial charge < -0.3 is 5.32 Å². The summed E-state index contributed by atoms with van der Waals surface area (Å²) in [6.45, 7) is 6.00. The van der Waals surface area contributed by atoms with Crippen LogP contribution in [-0.2, 0) is 19.4 Å². The maximum atomic E-state index is 14.0. The molecule has 0 fully saturated rings. The van der Waals surface area contributed by atoms with Gasteiger partial charge in [-0.1, -0.05) is 44.0 Å². The average molecular weight is 327 g/mol. The van der Waals surface area contributed by atoms with E-state index in [0.717, 1.165) is 36.6 Å². The largest absolute Gasteiger partial charge is 0.312 e. The Bertz CT molecular complexity index is 598. The van der Waals surface area contributed by atoms with Crippen molar-refractivity contribution in [3.8, 4) is 0 Å². The van der Waals surface area contributed by atoms with Gasteiger partial charge in [-0.05, 0) is 24.6 Å². The van der Waals surface area contributed by atoms with E-state index in [2.05, 4.69) is 24.1 Å². The lowest BCUT2D eigenvalue weighted by molar-refractivity contribution is 0.614. The molecule has 1 aromatic carbocycles. The van der Waals surface area contributed by atoms with Gasteiger partial charge in [0.2, 0.25) is 0 Å². The van der Waals surface area contributed by atoms with Crippen LogP contribution in [-0.4, -0.2) is 11.5 Å². The van der Waals surface area contributed by atoms with Crippen molar-refractivity contribution in [2.24, 2.45) is 0 Å². The van der Waals surface area contributed by atoms with Crippen LogP contribution in [0.1, 0.15) is 41.4 Å². The Balaban J connectivity index is 2.21. The second kappa shape index (κ2) is 7.87. The van der Waals surface area contributed by atoms with Crippen molar-refractivity contribution in [3.63, 3.8) is 0 Å². The third kappa shape index (κ3) is 4.25. The lowest BCUT2D eigenvalue weighted by Gasteiger charge is -2.01. The molecule has 114 valence electrons. The van der Waals surface area contributed by atoms with Crippen LogP contribution >= 0.6 is 22.9 Å². The van der Waals surface area contributed by atoms with Crippen molar-refractivity contribution in [3.05, 3.63) is 50.2 Å². The Hall–Kier alpha value is -0.970. The number of benzene rings is 1. The number of hydrogen-bond donors (Lipinski definition) is 1. The molecule has 1 heterocycles. The standard InChI is InChI=1S/C16H20ClFN2S/c1-3-6-13-14(10-19-4-2)21-15(20-13)9-11-7-5-8-12(17)16(11)18/h5,7-8,19H,3-4,6,9-10H2,1-2H3. The van der Waals surface area contributed by atoms with Crippen LogP contribution in [0.4, 0.5) is 4.39 Å². The highest BCUT2D eigenvalue weighted by molar-refractivity contribution is 7.11. The predicted octanol–water partition coefficient (Wildman–Crippen LogP) is 4.59. The lowest BCUT2D eigenvalue weighted by Crippen LogP contribution is -2.11. The Morgan fingerprint density at radius 1 is 1.33 bits per heavy atom. The van der Waals surface area contributed by atoms with Gasteiger partial charge in [0.1, 0.15) is 5.82 Å². The smallest absolute Gasteiger partial charge is 0.145 e. The summed E-state index contributed by atoms with van der Waals surface area (Å²) in [5.74, 6) is -0.334. The lowest BCUT2D eigenvalue weighted by atomic mass is 10.1. The third-order valence-electron chi connectivity index (χ3n) is 3.22. The van der Waals surface area contributed by atoms with Gasteiger partial charge in [0.15, 0.2) is 0 Å². The second-order valence-electron chi connectivity index (χ2n) is 4.90. The summed E-state index contributed by atoms with van der Waals surface area (Å²) in [4.78, 5) is 5.95. The zero-order chi connectivity index (χ0) is 15.2. The molecule has 21 heavy (non-hydrogen) atoms. The normalized spacial score (nSPS) is 11.0. The van der Waals surface area contributed by atoms with Crippen molar-refractivity contribution in [1.82, 2.24) is 10.3 Å². The molecule has 2 nitrogen and oxygen atoms in total. The van der Waals surface area contributed by atoms with E-state index in [1.807, 2.05) is 0 Å². The van der Waals surface area contributed by atoms with E-state index < -0.39 is 0 Å². The van der Waals surface area contributed by atoms with Crippen LogP contribution in [0.25, 0.3) is 0 Å². The van der Waals surface area contributed by atoms with E-state index in [9.17, 15) is 4.39 Å². The summed E-state index contributed by atoms with van der Waals surface area (Å²) >= 11 is 7.50. The molecule has 0 amide bonds. The minimum atomic E-state index is -0.334. The fourth-order valence-electron chi connectivity index (χ4n) is 2.17. The molecule has 0 aliphatic rings. The highest BCUT2D eigenvalue weighted by atomic mass is 35.5. The molecule has 0 bridgehead atoms. The number of aromatic nitrogens is 1. The number of hydrogen-bond acceptors (Lipinski definition) is 3. The second-order valence-corrected chi connectivity index (χ2v) is 6.47. The zero-order valence-electron chi connectivity index (χ0n) is 12.4. The molecule has 0 aliphatic heterocycles. The number of halogens is 2. The summed E-state index contributed by atoms with van der Waals surface area (Å²) < 4.78 is 14.0. The maximum Gasteiger partial charge on any atom is 0.145 e. The quantitative estimate of drug-likeness (QED) is 0.805. The first-order valence-corrected chi connectivity index (χ1v) is 8.46. The van der Waals surface area contributed by atoms with E-state index in [1.54, 1.807) is 29.5 Å². The number of thiazole rings is 1. The SMILES string of the molecule is CCCc1nc(Cc2cccc(Cl)c2F)sc1CNCC. The fraction of sp³-hybridized carbons (Fsp3) is 0.438. The first-order valence-electron chi connectivity index (χ1n) is 7.26. The summed E-state index contributed by atoms with van der Waals surface area (Å²) in [5.41, 5.74) is 1.75. The van der Waals surface area contributed by atoms with Crippen molar-refractivity contribution in [1.29, 1.82) is 0 Å². The van der Waals surface area contributed by atoms with Crippen LogP contribution in [0, 0.1) is 5.82 Å². The summed E-state index contributed by atoms with van der Waals surface area (Å²) in [5, 5.41) is 4.46. The number of rotatable bonds is 7. The molecule has 1 aromatic heterocycles. The van der Waals surface area contributed by atoms with E-state index in [4.69, 9.17) is 11.6 Å². The maximum absolute atomic E-state index is 14.0. The van der Waals surface area contributed by atoms with Gasteiger partial charge in [0, 0.05) is 17.8 Å². The van der Waals surface area contributed by atoms with Crippen molar-refractivity contribution in [2.45, 2.75) is 39.7 Å². The molecule has 5 heteroatoms. The Morgan fingerprint density at radius 2 is 2.14 bits per heavy atom. The number of aryl methyl sites for hydroxylation is 1. The Kier molecular flexibility index (Phi) is 6.15. The van der Waals surface area contributed by atoms with Crippen LogP contribution in [0.2, 0.25) is 5.02 Å². The van der Waals surface area contributed by atoms with E-state index >= 15 is 0 Å². The van der Waals surface area contributed by atoms with Crippen molar-refractivity contribution < 1.29 is 4.39 Å². The molecule has 0 aliphatic carbocycles. The average Bonchev–Trinajstić information content (AvgIpc) is 2.84. The minimum Gasteiger partial charge on any atom is -0.312 e. The number of nitrogens with zero attached hydrogens (tertiary/aromatic N) is 1. The van der Waals surface area contributed by atoms with Gasteiger partial charge >= 0.3 is 0 Å². The van der Waals surface area contributed by atoms with Crippen molar-refractivity contribution in [2.75, 3.05) is 6.54 Å². The summed E-state index contributed by atoms with van der Waals surface area (Å²) in [7, 11) is 0. The molecular formula is C16H20ClFN2S. The van der Waals surface area contributed by atoms with E-state index in [0.29, 0.717) is 12.0 Å². The minimum absolute atomic E-state index is 0.172. The topological polar surface area (TPSA) is 24.9 Å².